The molecule has 2 nitrogen and oxygen atoms in total. The van der Waals surface area contributed by atoms with Crippen LogP contribution < -0.4 is 10.5 Å². The molecule has 2 aromatic carbocycles. The molecule has 0 radical (unpaired) electrons. The fourth-order valence-electron chi connectivity index (χ4n) is 1.68. The van der Waals surface area contributed by atoms with E-state index < -0.39 is 0 Å². The Bertz CT molecular complexity index is 523. The third kappa shape index (κ3) is 3.50. The zero-order valence-electron chi connectivity index (χ0n) is 10.3. The zero-order chi connectivity index (χ0) is 13.0. The van der Waals surface area contributed by atoms with Gasteiger partial charge in [-0.1, -0.05) is 28.1 Å². The maximum Gasteiger partial charge on any atom is 0.119 e. The van der Waals surface area contributed by atoms with Crippen LogP contribution in [0, 0.1) is 6.92 Å². The Morgan fingerprint density at radius 2 is 1.83 bits per heavy atom. The monoisotopic (exact) mass is 305 g/mol. The summed E-state index contributed by atoms with van der Waals surface area (Å²) < 4.78 is 6.83. The lowest BCUT2D eigenvalue weighted by molar-refractivity contribution is 0.321. The van der Waals surface area contributed by atoms with Crippen molar-refractivity contribution in [2.45, 2.75) is 13.3 Å². The van der Waals surface area contributed by atoms with Gasteiger partial charge in [-0.2, -0.15) is 0 Å². The number of hydrogen-bond acceptors (Lipinski definition) is 2. The molecule has 18 heavy (non-hydrogen) atoms. The third-order valence-electron chi connectivity index (χ3n) is 2.77. The van der Waals surface area contributed by atoms with E-state index in [1.54, 1.807) is 0 Å². The molecule has 0 aliphatic rings. The van der Waals surface area contributed by atoms with Crippen LogP contribution >= 0.6 is 15.9 Å². The molecule has 2 rings (SSSR count). The van der Waals surface area contributed by atoms with Crippen LogP contribution in [-0.2, 0) is 6.42 Å². The molecule has 0 aliphatic carbocycles. The molecule has 0 heterocycles. The first-order valence-electron chi connectivity index (χ1n) is 5.88. The van der Waals surface area contributed by atoms with Crippen molar-refractivity contribution in [2.24, 2.45) is 0 Å². The van der Waals surface area contributed by atoms with E-state index in [9.17, 15) is 0 Å². The van der Waals surface area contributed by atoms with Crippen molar-refractivity contribution in [1.29, 1.82) is 0 Å². The van der Waals surface area contributed by atoms with Gasteiger partial charge in [0.25, 0.3) is 0 Å². The van der Waals surface area contributed by atoms with E-state index in [2.05, 4.69) is 22.9 Å². The second-order valence-electron chi connectivity index (χ2n) is 4.25. The maximum absolute atomic E-state index is 5.72. The van der Waals surface area contributed by atoms with E-state index >= 15 is 0 Å². The predicted octanol–water partition coefficient (Wildman–Crippen LogP) is 3.96. The molecule has 0 amide bonds. The number of nitrogen functional groups attached to an aromatic ring is 1. The van der Waals surface area contributed by atoms with Crippen molar-refractivity contribution in [1.82, 2.24) is 0 Å². The first kappa shape index (κ1) is 13.0. The summed E-state index contributed by atoms with van der Waals surface area (Å²) in [4.78, 5) is 0. The zero-order valence-corrected chi connectivity index (χ0v) is 11.9. The quantitative estimate of drug-likeness (QED) is 0.868. The fraction of sp³-hybridized carbons (Fsp3) is 0.200. The van der Waals surface area contributed by atoms with Gasteiger partial charge in [-0.3, -0.25) is 0 Å². The molecule has 0 aromatic heterocycles. The van der Waals surface area contributed by atoms with Crippen LogP contribution in [0.15, 0.2) is 46.9 Å². The molecular formula is C15H16BrNO. The second kappa shape index (κ2) is 5.91. The number of nitrogens with two attached hydrogens (primary N) is 1. The molecule has 0 saturated carbocycles. The van der Waals surface area contributed by atoms with Gasteiger partial charge in [-0.25, -0.2) is 0 Å². The summed E-state index contributed by atoms with van der Waals surface area (Å²) in [6.45, 7) is 2.72. The Kier molecular flexibility index (Phi) is 4.26. The maximum atomic E-state index is 5.72. The van der Waals surface area contributed by atoms with Gasteiger partial charge in [0.15, 0.2) is 0 Å². The van der Waals surface area contributed by atoms with E-state index in [4.69, 9.17) is 10.5 Å². The Morgan fingerprint density at radius 1 is 1.11 bits per heavy atom. The highest BCUT2D eigenvalue weighted by Crippen LogP contribution is 2.21. The highest BCUT2D eigenvalue weighted by Gasteiger charge is 1.99. The average molecular weight is 306 g/mol. The Balaban J connectivity index is 1.88. The van der Waals surface area contributed by atoms with Crippen LogP contribution in [0.1, 0.15) is 11.1 Å². The standard InChI is InChI=1S/C15H16BrNO/c1-11-10-14(6-7-15(11)16)18-9-8-12-2-4-13(17)5-3-12/h2-7,10H,8-9,17H2,1H3. The summed E-state index contributed by atoms with van der Waals surface area (Å²) >= 11 is 3.47. The van der Waals surface area contributed by atoms with Gasteiger partial charge in [0.1, 0.15) is 5.75 Å². The summed E-state index contributed by atoms with van der Waals surface area (Å²) in [6.07, 6.45) is 0.884. The van der Waals surface area contributed by atoms with Gasteiger partial charge < -0.3 is 10.5 Å². The lowest BCUT2D eigenvalue weighted by Crippen LogP contribution is -2.01. The van der Waals surface area contributed by atoms with Crippen molar-refractivity contribution in [3.8, 4) is 5.75 Å². The molecule has 0 aliphatic heterocycles. The normalized spacial score (nSPS) is 10.3. The topological polar surface area (TPSA) is 35.2 Å². The van der Waals surface area contributed by atoms with Gasteiger partial charge in [0.2, 0.25) is 0 Å². The van der Waals surface area contributed by atoms with Crippen molar-refractivity contribution in [2.75, 3.05) is 12.3 Å². The number of ether oxygens (including phenoxy) is 1. The Morgan fingerprint density at radius 3 is 2.50 bits per heavy atom. The molecule has 0 bridgehead atoms. The van der Waals surface area contributed by atoms with Crippen molar-refractivity contribution in [3.63, 3.8) is 0 Å². The van der Waals surface area contributed by atoms with Crippen molar-refractivity contribution in [3.05, 3.63) is 58.1 Å². The molecule has 0 saturated heterocycles. The van der Waals surface area contributed by atoms with Crippen molar-refractivity contribution < 1.29 is 4.74 Å². The minimum atomic E-state index is 0.672. The number of benzene rings is 2. The summed E-state index contributed by atoms with van der Waals surface area (Å²) in [6, 6.07) is 13.9. The van der Waals surface area contributed by atoms with Crippen LogP contribution in [0.25, 0.3) is 0 Å². The first-order valence-corrected chi connectivity index (χ1v) is 6.68. The van der Waals surface area contributed by atoms with E-state index in [0.717, 1.165) is 22.3 Å². The molecule has 2 aromatic rings. The average Bonchev–Trinajstić information content (AvgIpc) is 2.36. The van der Waals surface area contributed by atoms with Crippen LogP contribution in [0.3, 0.4) is 0 Å². The van der Waals surface area contributed by atoms with Gasteiger partial charge in [-0.15, -0.1) is 0 Å². The Hall–Kier alpha value is -1.48. The molecule has 0 unspecified atom stereocenters. The molecule has 0 fully saturated rings. The molecule has 94 valence electrons. The van der Waals surface area contributed by atoms with Crippen LogP contribution in [0.5, 0.6) is 5.75 Å². The SMILES string of the molecule is Cc1cc(OCCc2ccc(N)cc2)ccc1Br. The Labute approximate surface area is 116 Å². The van der Waals surface area contributed by atoms with Gasteiger partial charge >= 0.3 is 0 Å². The smallest absolute Gasteiger partial charge is 0.119 e. The van der Waals surface area contributed by atoms with Crippen LogP contribution in [-0.4, -0.2) is 6.61 Å². The van der Waals surface area contributed by atoms with Crippen LogP contribution in [0.4, 0.5) is 5.69 Å². The van der Waals surface area contributed by atoms with Gasteiger partial charge in [-0.05, 0) is 48.4 Å². The first-order chi connectivity index (χ1) is 8.65. The number of rotatable bonds is 4. The van der Waals surface area contributed by atoms with E-state index in [1.165, 1.54) is 11.1 Å². The summed E-state index contributed by atoms with van der Waals surface area (Å²) in [7, 11) is 0. The molecule has 0 atom stereocenters. The lowest BCUT2D eigenvalue weighted by Gasteiger charge is -2.08. The van der Waals surface area contributed by atoms with Gasteiger partial charge in [0, 0.05) is 16.6 Å². The highest BCUT2D eigenvalue weighted by molar-refractivity contribution is 9.10. The molecule has 0 spiro atoms. The van der Waals surface area contributed by atoms with E-state index in [0.29, 0.717) is 6.61 Å². The largest absolute Gasteiger partial charge is 0.493 e. The molecule has 2 N–H and O–H groups in total. The minimum absolute atomic E-state index is 0.672. The minimum Gasteiger partial charge on any atom is -0.493 e. The summed E-state index contributed by atoms with van der Waals surface area (Å²) in [5.41, 5.74) is 8.85. The third-order valence-corrected chi connectivity index (χ3v) is 3.66. The van der Waals surface area contributed by atoms with Crippen LogP contribution in [0.2, 0.25) is 0 Å². The van der Waals surface area contributed by atoms with E-state index in [-0.39, 0.29) is 0 Å². The predicted molar refractivity (Wildman–Crippen MR) is 78.9 cm³/mol. The van der Waals surface area contributed by atoms with E-state index in [1.807, 2.05) is 42.5 Å². The number of hydrogen-bond donors (Lipinski definition) is 1. The number of halogens is 1. The highest BCUT2D eigenvalue weighted by atomic mass is 79.9. The molecular weight excluding hydrogens is 290 g/mol. The van der Waals surface area contributed by atoms with Gasteiger partial charge in [0.05, 0.1) is 6.61 Å². The number of aryl methyl sites for hydroxylation is 1. The lowest BCUT2D eigenvalue weighted by atomic mass is 10.1. The summed E-state index contributed by atoms with van der Waals surface area (Å²) in [5, 5.41) is 0. The van der Waals surface area contributed by atoms with Crippen molar-refractivity contribution >= 4 is 21.6 Å². The fourth-order valence-corrected chi connectivity index (χ4v) is 1.92. The number of anilines is 1. The second-order valence-corrected chi connectivity index (χ2v) is 5.11. The summed E-state index contributed by atoms with van der Waals surface area (Å²) in [5.74, 6) is 0.908. The molecule has 3 heteroatoms.